The van der Waals surface area contributed by atoms with Crippen LogP contribution in [0.3, 0.4) is 0 Å². The van der Waals surface area contributed by atoms with E-state index in [4.69, 9.17) is 4.74 Å². The predicted octanol–water partition coefficient (Wildman–Crippen LogP) is 3.89. The van der Waals surface area contributed by atoms with Crippen LogP contribution in [0.5, 0.6) is 0 Å². The van der Waals surface area contributed by atoms with Crippen molar-refractivity contribution in [3.8, 4) is 0 Å². The SMILES string of the molecule is COC(=O)[C@H]1C[C@]2(C)C[C@@]3(C)C(=O)CC2[C@@H]1[C@@H]3c1ccccc1C. The van der Waals surface area contributed by atoms with E-state index in [0.29, 0.717) is 18.1 Å². The molecule has 6 atom stereocenters. The van der Waals surface area contributed by atoms with Crippen LogP contribution in [0.15, 0.2) is 24.3 Å². The van der Waals surface area contributed by atoms with Crippen LogP contribution in [0.2, 0.25) is 0 Å². The monoisotopic (exact) mass is 326 g/mol. The molecule has 4 bridgehead atoms. The van der Waals surface area contributed by atoms with E-state index >= 15 is 0 Å². The van der Waals surface area contributed by atoms with E-state index in [1.165, 1.54) is 18.2 Å². The Morgan fingerprint density at radius 1 is 1.25 bits per heavy atom. The second kappa shape index (κ2) is 4.93. The molecule has 24 heavy (non-hydrogen) atoms. The zero-order valence-corrected chi connectivity index (χ0v) is 15.0. The van der Waals surface area contributed by atoms with Gasteiger partial charge >= 0.3 is 5.97 Å². The van der Waals surface area contributed by atoms with Gasteiger partial charge in [-0.1, -0.05) is 38.1 Å². The molecule has 4 aliphatic carbocycles. The van der Waals surface area contributed by atoms with Crippen LogP contribution in [0.4, 0.5) is 0 Å². The lowest BCUT2D eigenvalue weighted by Gasteiger charge is -2.58. The highest BCUT2D eigenvalue weighted by molar-refractivity contribution is 5.89. The lowest BCUT2D eigenvalue weighted by atomic mass is 9.44. The number of methoxy groups -OCH3 is 1. The number of rotatable bonds is 2. The molecule has 0 N–H and O–H groups in total. The Bertz CT molecular complexity index is 724. The number of benzene rings is 1. The van der Waals surface area contributed by atoms with Gasteiger partial charge in [0.2, 0.25) is 0 Å². The summed E-state index contributed by atoms with van der Waals surface area (Å²) in [5.41, 5.74) is 2.20. The number of hydrogen-bond donors (Lipinski definition) is 0. The topological polar surface area (TPSA) is 43.4 Å². The van der Waals surface area contributed by atoms with Crippen LogP contribution in [-0.2, 0) is 14.3 Å². The molecule has 3 nitrogen and oxygen atoms in total. The molecule has 0 aliphatic heterocycles. The van der Waals surface area contributed by atoms with Crippen molar-refractivity contribution in [1.82, 2.24) is 0 Å². The lowest BCUT2D eigenvalue weighted by molar-refractivity contribution is -0.156. The Morgan fingerprint density at radius 3 is 2.62 bits per heavy atom. The number of ether oxygens (including phenoxy) is 1. The largest absolute Gasteiger partial charge is 0.469 e. The summed E-state index contributed by atoms with van der Waals surface area (Å²) in [5.74, 6) is 0.876. The molecule has 1 unspecified atom stereocenters. The summed E-state index contributed by atoms with van der Waals surface area (Å²) < 4.78 is 5.15. The van der Waals surface area contributed by atoms with Gasteiger partial charge in [0.05, 0.1) is 13.0 Å². The molecule has 4 aliphatic rings. The van der Waals surface area contributed by atoms with Gasteiger partial charge in [-0.05, 0) is 48.1 Å². The van der Waals surface area contributed by atoms with Gasteiger partial charge in [0.1, 0.15) is 5.78 Å². The third-order valence-electron chi connectivity index (χ3n) is 7.42. The Morgan fingerprint density at radius 2 is 1.96 bits per heavy atom. The summed E-state index contributed by atoms with van der Waals surface area (Å²) >= 11 is 0. The summed E-state index contributed by atoms with van der Waals surface area (Å²) in [4.78, 5) is 25.5. The van der Waals surface area contributed by atoms with Gasteiger partial charge in [-0.3, -0.25) is 9.59 Å². The molecule has 0 saturated heterocycles. The maximum atomic E-state index is 13.0. The van der Waals surface area contributed by atoms with Gasteiger partial charge in [0, 0.05) is 17.8 Å². The molecule has 4 fully saturated rings. The number of carbonyl (C=O) groups excluding carboxylic acids is 2. The van der Waals surface area contributed by atoms with Crippen LogP contribution in [-0.4, -0.2) is 18.9 Å². The standard InChI is InChI=1S/C21H26O3/c1-12-7-5-6-8-13(12)18-17-14(19(23)24-4)10-20(2)11-21(18,3)16(22)9-15(17)20/h5-8,14-15,17-18H,9-11H2,1-4H3/t14-,15?,17+,18-,20+,21-/m0/s1. The molecule has 1 aromatic rings. The van der Waals surface area contributed by atoms with Crippen LogP contribution in [0.1, 0.15) is 50.2 Å². The van der Waals surface area contributed by atoms with Crippen molar-refractivity contribution < 1.29 is 14.3 Å². The molecule has 0 radical (unpaired) electrons. The first-order chi connectivity index (χ1) is 11.3. The molecule has 0 amide bonds. The van der Waals surface area contributed by atoms with Crippen molar-refractivity contribution in [2.45, 2.75) is 46.0 Å². The smallest absolute Gasteiger partial charge is 0.308 e. The molecule has 0 heterocycles. The summed E-state index contributed by atoms with van der Waals surface area (Å²) in [6.45, 7) is 6.55. The molecule has 0 spiro atoms. The molecular weight excluding hydrogens is 300 g/mol. The van der Waals surface area contributed by atoms with E-state index < -0.39 is 0 Å². The average Bonchev–Trinajstić information content (AvgIpc) is 2.76. The first-order valence-corrected chi connectivity index (χ1v) is 8.98. The van der Waals surface area contributed by atoms with Crippen LogP contribution in [0, 0.1) is 35.5 Å². The van der Waals surface area contributed by atoms with E-state index in [1.807, 2.05) is 6.07 Å². The van der Waals surface area contributed by atoms with Crippen molar-refractivity contribution in [2.24, 2.45) is 28.6 Å². The highest BCUT2D eigenvalue weighted by Crippen LogP contribution is 2.73. The van der Waals surface area contributed by atoms with Gasteiger partial charge in [-0.25, -0.2) is 0 Å². The Balaban J connectivity index is 1.90. The Labute approximate surface area is 143 Å². The van der Waals surface area contributed by atoms with Crippen LogP contribution >= 0.6 is 0 Å². The number of fused-ring (bicyclic) bond motifs is 1. The summed E-state index contributed by atoms with van der Waals surface area (Å²) in [6.07, 6.45) is 2.39. The number of hydrogen-bond acceptors (Lipinski definition) is 3. The molecule has 5 rings (SSSR count). The maximum Gasteiger partial charge on any atom is 0.308 e. The normalized spacial score (nSPS) is 43.1. The van der Waals surface area contributed by atoms with Gasteiger partial charge in [0.15, 0.2) is 0 Å². The Kier molecular flexibility index (Phi) is 3.26. The van der Waals surface area contributed by atoms with Crippen molar-refractivity contribution in [1.29, 1.82) is 0 Å². The number of esters is 1. The van der Waals surface area contributed by atoms with Crippen LogP contribution < -0.4 is 0 Å². The van der Waals surface area contributed by atoms with Gasteiger partial charge in [-0.15, -0.1) is 0 Å². The fraction of sp³-hybridized carbons (Fsp3) is 0.619. The van der Waals surface area contributed by atoms with Crippen molar-refractivity contribution in [2.75, 3.05) is 7.11 Å². The first kappa shape index (κ1) is 15.9. The number of Topliss-reactive ketones (excluding diaryl/α,β-unsaturated/α-hetero) is 1. The minimum absolute atomic E-state index is 0.0791. The van der Waals surface area contributed by atoms with E-state index in [1.54, 1.807) is 0 Å². The van der Waals surface area contributed by atoms with Crippen molar-refractivity contribution >= 4 is 11.8 Å². The zero-order chi connectivity index (χ0) is 17.3. The Hall–Kier alpha value is -1.64. The average molecular weight is 326 g/mol. The predicted molar refractivity (Wildman–Crippen MR) is 91.5 cm³/mol. The molecule has 3 heteroatoms. The molecular formula is C21H26O3. The second-order valence-corrected chi connectivity index (χ2v) is 8.73. The van der Waals surface area contributed by atoms with Gasteiger partial charge < -0.3 is 4.74 Å². The number of carbonyl (C=O) groups is 2. The summed E-state index contributed by atoms with van der Waals surface area (Å²) in [6, 6.07) is 8.37. The van der Waals surface area contributed by atoms with Gasteiger partial charge in [-0.2, -0.15) is 0 Å². The van der Waals surface area contributed by atoms with Crippen molar-refractivity contribution in [3.63, 3.8) is 0 Å². The summed E-state index contributed by atoms with van der Waals surface area (Å²) in [7, 11) is 1.49. The minimum atomic E-state index is -0.358. The van der Waals surface area contributed by atoms with E-state index in [9.17, 15) is 9.59 Å². The zero-order valence-electron chi connectivity index (χ0n) is 15.0. The molecule has 1 aromatic carbocycles. The van der Waals surface area contributed by atoms with Crippen LogP contribution in [0.25, 0.3) is 0 Å². The molecule has 0 aromatic heterocycles. The van der Waals surface area contributed by atoms with E-state index in [2.05, 4.69) is 39.0 Å². The maximum absolute atomic E-state index is 13.0. The first-order valence-electron chi connectivity index (χ1n) is 8.98. The lowest BCUT2D eigenvalue weighted by Crippen LogP contribution is -2.56. The quantitative estimate of drug-likeness (QED) is 0.774. The third kappa shape index (κ3) is 1.84. The number of aryl methyl sites for hydroxylation is 1. The minimum Gasteiger partial charge on any atom is -0.469 e. The molecule has 128 valence electrons. The number of ketones is 1. The van der Waals surface area contributed by atoms with E-state index in [-0.39, 0.29) is 34.6 Å². The van der Waals surface area contributed by atoms with Gasteiger partial charge in [0.25, 0.3) is 0 Å². The summed E-state index contributed by atoms with van der Waals surface area (Å²) in [5, 5.41) is 0. The molecule has 4 saturated carbocycles. The second-order valence-electron chi connectivity index (χ2n) is 8.73. The van der Waals surface area contributed by atoms with E-state index in [0.717, 1.165) is 12.8 Å². The fourth-order valence-electron chi connectivity index (χ4n) is 6.54. The fourth-order valence-corrected chi connectivity index (χ4v) is 6.54. The van der Waals surface area contributed by atoms with Crippen molar-refractivity contribution in [3.05, 3.63) is 35.4 Å². The highest BCUT2D eigenvalue weighted by Gasteiger charge is 2.70. The third-order valence-corrected chi connectivity index (χ3v) is 7.42. The highest BCUT2D eigenvalue weighted by atomic mass is 16.5.